The molecule has 0 saturated carbocycles. The van der Waals surface area contributed by atoms with Crippen LogP contribution in [0.3, 0.4) is 0 Å². The van der Waals surface area contributed by atoms with Gasteiger partial charge in [-0.2, -0.15) is 5.10 Å². The van der Waals surface area contributed by atoms with Crippen LogP contribution in [0, 0.1) is 0 Å². The van der Waals surface area contributed by atoms with Gasteiger partial charge < -0.3 is 14.7 Å². The van der Waals surface area contributed by atoms with Gasteiger partial charge in [0.1, 0.15) is 5.69 Å². The smallest absolute Gasteiger partial charge is 0.272 e. The van der Waals surface area contributed by atoms with Crippen molar-refractivity contribution in [2.24, 2.45) is 0 Å². The highest BCUT2D eigenvalue weighted by atomic mass is 16.2. The van der Waals surface area contributed by atoms with E-state index in [1.165, 1.54) is 0 Å². The number of amides is 1. The molecule has 23 heavy (non-hydrogen) atoms. The van der Waals surface area contributed by atoms with Crippen LogP contribution in [-0.4, -0.2) is 66.3 Å². The zero-order valence-corrected chi connectivity index (χ0v) is 13.4. The van der Waals surface area contributed by atoms with E-state index in [0.29, 0.717) is 18.8 Å². The molecule has 1 aliphatic rings. The molecule has 1 fully saturated rings. The minimum Gasteiger partial charge on any atom is -0.376 e. The first-order chi connectivity index (χ1) is 11.1. The summed E-state index contributed by atoms with van der Waals surface area (Å²) in [7, 11) is 3.95. The largest absolute Gasteiger partial charge is 0.376 e. The molecular formula is C16H20N6O. The summed E-state index contributed by atoms with van der Waals surface area (Å²) in [6.07, 6.45) is 3.39. The Hall–Kier alpha value is -2.70. The zero-order chi connectivity index (χ0) is 16.2. The SMILES string of the molecule is CN(C)c1cnnc(N2CCN(C(=O)c3ccccn3)CC2)c1. The van der Waals surface area contributed by atoms with E-state index in [1.54, 1.807) is 18.5 Å². The van der Waals surface area contributed by atoms with Crippen molar-refractivity contribution in [2.45, 2.75) is 0 Å². The molecule has 0 N–H and O–H groups in total. The van der Waals surface area contributed by atoms with Crippen molar-refractivity contribution in [1.82, 2.24) is 20.1 Å². The quantitative estimate of drug-likeness (QED) is 0.839. The highest BCUT2D eigenvalue weighted by Gasteiger charge is 2.23. The number of anilines is 2. The number of rotatable bonds is 3. The van der Waals surface area contributed by atoms with Crippen LogP contribution in [0.5, 0.6) is 0 Å². The van der Waals surface area contributed by atoms with Gasteiger partial charge in [0.25, 0.3) is 5.91 Å². The molecule has 3 rings (SSSR count). The minimum atomic E-state index is -0.0154. The molecule has 0 aliphatic carbocycles. The van der Waals surface area contributed by atoms with Gasteiger partial charge in [0, 0.05) is 52.5 Å². The van der Waals surface area contributed by atoms with Crippen molar-refractivity contribution >= 4 is 17.4 Å². The molecule has 2 aromatic heterocycles. The predicted octanol–water partition coefficient (Wildman–Crippen LogP) is 0.900. The van der Waals surface area contributed by atoms with Crippen molar-refractivity contribution in [3.8, 4) is 0 Å². The van der Waals surface area contributed by atoms with Crippen molar-refractivity contribution in [2.75, 3.05) is 50.1 Å². The number of hydrogen-bond donors (Lipinski definition) is 0. The molecule has 7 heteroatoms. The molecule has 1 aliphatic heterocycles. The molecular weight excluding hydrogens is 292 g/mol. The number of pyridine rings is 1. The monoisotopic (exact) mass is 312 g/mol. The Bertz CT molecular complexity index is 667. The van der Waals surface area contributed by atoms with Crippen LogP contribution in [0.4, 0.5) is 11.5 Å². The van der Waals surface area contributed by atoms with E-state index in [1.807, 2.05) is 42.1 Å². The number of carbonyl (C=O) groups is 1. The van der Waals surface area contributed by atoms with Crippen molar-refractivity contribution in [3.63, 3.8) is 0 Å². The van der Waals surface area contributed by atoms with Crippen molar-refractivity contribution < 1.29 is 4.79 Å². The lowest BCUT2D eigenvalue weighted by Gasteiger charge is -2.35. The molecule has 7 nitrogen and oxygen atoms in total. The Morgan fingerprint density at radius 2 is 1.96 bits per heavy atom. The normalized spacial score (nSPS) is 14.7. The molecule has 0 radical (unpaired) electrons. The fourth-order valence-electron chi connectivity index (χ4n) is 2.53. The van der Waals surface area contributed by atoms with E-state index in [-0.39, 0.29) is 5.91 Å². The Balaban J connectivity index is 1.64. The summed E-state index contributed by atoms with van der Waals surface area (Å²) in [6, 6.07) is 7.41. The molecule has 0 spiro atoms. The van der Waals surface area contributed by atoms with E-state index in [4.69, 9.17) is 0 Å². The summed E-state index contributed by atoms with van der Waals surface area (Å²) in [5.74, 6) is 0.833. The summed E-state index contributed by atoms with van der Waals surface area (Å²) in [6.45, 7) is 2.79. The summed E-state index contributed by atoms with van der Waals surface area (Å²) in [4.78, 5) is 22.5. The molecule has 1 saturated heterocycles. The second kappa shape index (κ2) is 6.60. The topological polar surface area (TPSA) is 65.5 Å². The lowest BCUT2D eigenvalue weighted by molar-refractivity contribution is 0.0740. The lowest BCUT2D eigenvalue weighted by Crippen LogP contribution is -2.49. The maximum Gasteiger partial charge on any atom is 0.272 e. The minimum absolute atomic E-state index is 0.0154. The van der Waals surface area contributed by atoms with Gasteiger partial charge >= 0.3 is 0 Å². The Morgan fingerprint density at radius 1 is 1.17 bits per heavy atom. The number of nitrogens with zero attached hydrogens (tertiary/aromatic N) is 6. The van der Waals surface area contributed by atoms with Gasteiger partial charge in [-0.25, -0.2) is 0 Å². The number of carbonyl (C=O) groups excluding carboxylic acids is 1. The molecule has 2 aromatic rings. The summed E-state index contributed by atoms with van der Waals surface area (Å²) in [5.41, 5.74) is 1.51. The molecule has 1 amide bonds. The first kappa shape index (κ1) is 15.2. The third-order valence-corrected chi connectivity index (χ3v) is 3.92. The first-order valence-corrected chi connectivity index (χ1v) is 7.60. The average molecular weight is 312 g/mol. The van der Waals surface area contributed by atoms with Crippen LogP contribution in [0.25, 0.3) is 0 Å². The summed E-state index contributed by atoms with van der Waals surface area (Å²) < 4.78 is 0. The van der Waals surface area contributed by atoms with Gasteiger partial charge in [-0.1, -0.05) is 6.07 Å². The van der Waals surface area contributed by atoms with E-state index in [9.17, 15) is 4.79 Å². The Morgan fingerprint density at radius 3 is 2.61 bits per heavy atom. The first-order valence-electron chi connectivity index (χ1n) is 7.60. The van der Waals surface area contributed by atoms with Crippen LogP contribution in [-0.2, 0) is 0 Å². The standard InChI is InChI=1S/C16H20N6O/c1-20(2)13-11-15(19-18-12-13)21-7-9-22(10-8-21)16(23)14-5-3-4-6-17-14/h3-6,11-12H,7-10H2,1-2H3. The van der Waals surface area contributed by atoms with Gasteiger partial charge in [-0.05, 0) is 12.1 Å². The third-order valence-electron chi connectivity index (χ3n) is 3.92. The lowest BCUT2D eigenvalue weighted by atomic mass is 10.2. The van der Waals surface area contributed by atoms with Crippen LogP contribution >= 0.6 is 0 Å². The maximum atomic E-state index is 12.4. The Labute approximate surface area is 135 Å². The van der Waals surface area contributed by atoms with Crippen LogP contribution in [0.1, 0.15) is 10.5 Å². The van der Waals surface area contributed by atoms with E-state index >= 15 is 0 Å². The fourth-order valence-corrected chi connectivity index (χ4v) is 2.53. The Kier molecular flexibility index (Phi) is 4.36. The van der Waals surface area contributed by atoms with E-state index in [2.05, 4.69) is 20.1 Å². The fraction of sp³-hybridized carbons (Fsp3) is 0.375. The van der Waals surface area contributed by atoms with Gasteiger partial charge in [-0.15, -0.1) is 5.10 Å². The molecule has 3 heterocycles. The number of piperazine rings is 1. The van der Waals surface area contributed by atoms with Crippen molar-refractivity contribution in [3.05, 3.63) is 42.4 Å². The average Bonchev–Trinajstić information content (AvgIpc) is 2.62. The highest BCUT2D eigenvalue weighted by Crippen LogP contribution is 2.18. The molecule has 120 valence electrons. The van der Waals surface area contributed by atoms with Crippen LogP contribution in [0.15, 0.2) is 36.7 Å². The zero-order valence-electron chi connectivity index (χ0n) is 13.4. The van der Waals surface area contributed by atoms with Gasteiger partial charge in [0.15, 0.2) is 5.82 Å². The number of hydrogen-bond acceptors (Lipinski definition) is 6. The molecule has 0 unspecified atom stereocenters. The summed E-state index contributed by atoms with van der Waals surface area (Å²) in [5, 5.41) is 8.27. The maximum absolute atomic E-state index is 12.4. The predicted molar refractivity (Wildman–Crippen MR) is 88.7 cm³/mol. The third kappa shape index (κ3) is 3.39. The van der Waals surface area contributed by atoms with Crippen molar-refractivity contribution in [1.29, 1.82) is 0 Å². The molecule has 0 aromatic carbocycles. The second-order valence-electron chi connectivity index (χ2n) is 5.66. The van der Waals surface area contributed by atoms with Crippen LogP contribution < -0.4 is 9.80 Å². The highest BCUT2D eigenvalue weighted by molar-refractivity contribution is 5.92. The van der Waals surface area contributed by atoms with Crippen LogP contribution in [0.2, 0.25) is 0 Å². The second-order valence-corrected chi connectivity index (χ2v) is 5.66. The van der Waals surface area contributed by atoms with Gasteiger partial charge in [0.05, 0.1) is 11.9 Å². The van der Waals surface area contributed by atoms with E-state index in [0.717, 1.165) is 24.6 Å². The molecule has 0 bridgehead atoms. The van der Waals surface area contributed by atoms with E-state index < -0.39 is 0 Å². The molecule has 0 atom stereocenters. The number of aromatic nitrogens is 3. The van der Waals surface area contributed by atoms with Gasteiger partial charge in [0.2, 0.25) is 0 Å². The van der Waals surface area contributed by atoms with Gasteiger partial charge in [-0.3, -0.25) is 9.78 Å². The summed E-state index contributed by atoms with van der Waals surface area (Å²) >= 11 is 0.